The van der Waals surface area contributed by atoms with Gasteiger partial charge in [0, 0.05) is 18.8 Å². The fraction of sp³-hybridized carbons (Fsp3) is 0.583. The maximum Gasteiger partial charge on any atom is 0.263 e. The van der Waals surface area contributed by atoms with E-state index in [1.807, 2.05) is 12.1 Å². The number of nitrogens with zero attached hydrogens (tertiary/aromatic N) is 2. The monoisotopic (exact) mass is 232 g/mol. The van der Waals surface area contributed by atoms with Crippen molar-refractivity contribution in [1.29, 1.82) is 10.5 Å². The minimum absolute atomic E-state index is 0.0647. The summed E-state index contributed by atoms with van der Waals surface area (Å²) in [6.07, 6.45) is 5.98. The third-order valence-electron chi connectivity index (χ3n) is 2.68. The number of hydrogen-bond donors (Lipinski definition) is 2. The number of rotatable bonds is 5. The van der Waals surface area contributed by atoms with Gasteiger partial charge in [-0.2, -0.15) is 10.5 Å². The fourth-order valence-electron chi connectivity index (χ4n) is 1.78. The summed E-state index contributed by atoms with van der Waals surface area (Å²) in [4.78, 5) is 11.7. The van der Waals surface area contributed by atoms with Crippen LogP contribution in [0.15, 0.2) is 11.8 Å². The van der Waals surface area contributed by atoms with Crippen LogP contribution in [0.3, 0.4) is 0 Å². The highest BCUT2D eigenvalue weighted by Crippen LogP contribution is 2.17. The van der Waals surface area contributed by atoms with Crippen molar-refractivity contribution in [2.75, 3.05) is 6.54 Å². The van der Waals surface area contributed by atoms with E-state index in [9.17, 15) is 4.79 Å². The van der Waals surface area contributed by atoms with Gasteiger partial charge < -0.3 is 10.6 Å². The molecular formula is C12H16N4O. The topological polar surface area (TPSA) is 88.7 Å². The third-order valence-corrected chi connectivity index (χ3v) is 2.68. The molecule has 1 fully saturated rings. The third kappa shape index (κ3) is 4.56. The Bertz CT molecular complexity index is 369. The molecule has 0 bridgehead atoms. The van der Waals surface area contributed by atoms with Gasteiger partial charge in [-0.1, -0.05) is 12.8 Å². The Kier molecular flexibility index (Phi) is 5.60. The summed E-state index contributed by atoms with van der Waals surface area (Å²) in [6, 6.07) is 4.04. The van der Waals surface area contributed by atoms with E-state index in [1.165, 1.54) is 6.20 Å². The normalized spacial score (nSPS) is 16.0. The molecule has 2 N–H and O–H groups in total. The first-order valence-electron chi connectivity index (χ1n) is 5.79. The second-order valence-corrected chi connectivity index (χ2v) is 3.99. The molecule has 0 atom stereocenters. The van der Waals surface area contributed by atoms with Crippen LogP contribution in [-0.4, -0.2) is 18.5 Å². The standard InChI is InChI=1S/C12H16N4O/c13-6-3-7-15-9-10(8-14)12(17)16-11-4-1-2-5-11/h9,11,15H,1-5,7H2,(H,16,17)/b10-9-. The minimum atomic E-state index is -0.330. The van der Waals surface area contributed by atoms with Crippen LogP contribution in [0.2, 0.25) is 0 Å². The molecule has 0 saturated heterocycles. The number of nitriles is 2. The van der Waals surface area contributed by atoms with Crippen molar-refractivity contribution in [2.24, 2.45) is 0 Å². The first-order valence-corrected chi connectivity index (χ1v) is 5.79. The molecule has 0 spiro atoms. The number of hydrogen-bond acceptors (Lipinski definition) is 4. The van der Waals surface area contributed by atoms with E-state index >= 15 is 0 Å². The molecule has 0 aromatic rings. The Morgan fingerprint density at radius 3 is 2.65 bits per heavy atom. The van der Waals surface area contributed by atoms with Crippen molar-refractivity contribution in [1.82, 2.24) is 10.6 Å². The molecule has 90 valence electrons. The van der Waals surface area contributed by atoms with Crippen LogP contribution in [0, 0.1) is 22.7 Å². The Balaban J connectivity index is 2.40. The van der Waals surface area contributed by atoms with Crippen LogP contribution >= 0.6 is 0 Å². The van der Waals surface area contributed by atoms with Crippen molar-refractivity contribution >= 4 is 5.91 Å². The van der Waals surface area contributed by atoms with Crippen LogP contribution in [0.5, 0.6) is 0 Å². The van der Waals surface area contributed by atoms with Gasteiger partial charge in [-0.25, -0.2) is 0 Å². The van der Waals surface area contributed by atoms with E-state index < -0.39 is 0 Å². The molecule has 0 unspecified atom stereocenters. The van der Waals surface area contributed by atoms with Gasteiger partial charge in [0.05, 0.1) is 12.5 Å². The van der Waals surface area contributed by atoms with Gasteiger partial charge in [-0.05, 0) is 12.8 Å². The van der Waals surface area contributed by atoms with Crippen molar-refractivity contribution < 1.29 is 4.79 Å². The number of amides is 1. The Morgan fingerprint density at radius 2 is 2.06 bits per heavy atom. The van der Waals surface area contributed by atoms with Crippen molar-refractivity contribution in [2.45, 2.75) is 38.1 Å². The molecule has 0 radical (unpaired) electrons. The van der Waals surface area contributed by atoms with E-state index in [1.54, 1.807) is 0 Å². The zero-order valence-electron chi connectivity index (χ0n) is 9.70. The summed E-state index contributed by atoms with van der Waals surface area (Å²) in [6.45, 7) is 0.443. The van der Waals surface area contributed by atoms with Gasteiger partial charge in [-0.3, -0.25) is 4.79 Å². The van der Waals surface area contributed by atoms with E-state index in [0.29, 0.717) is 13.0 Å². The molecule has 17 heavy (non-hydrogen) atoms. The largest absolute Gasteiger partial charge is 0.389 e. The van der Waals surface area contributed by atoms with Gasteiger partial charge in [0.2, 0.25) is 0 Å². The zero-order valence-corrected chi connectivity index (χ0v) is 9.70. The van der Waals surface area contributed by atoms with Gasteiger partial charge in [0.1, 0.15) is 11.6 Å². The van der Waals surface area contributed by atoms with Crippen LogP contribution in [0.25, 0.3) is 0 Å². The lowest BCUT2D eigenvalue weighted by molar-refractivity contribution is -0.117. The molecule has 5 nitrogen and oxygen atoms in total. The average molecular weight is 232 g/mol. The molecule has 1 amide bonds. The van der Waals surface area contributed by atoms with Gasteiger partial charge in [-0.15, -0.1) is 0 Å². The molecular weight excluding hydrogens is 216 g/mol. The summed E-state index contributed by atoms with van der Waals surface area (Å²) < 4.78 is 0. The fourth-order valence-corrected chi connectivity index (χ4v) is 1.78. The summed E-state index contributed by atoms with van der Waals surface area (Å²) in [5.74, 6) is -0.330. The summed E-state index contributed by atoms with van der Waals surface area (Å²) >= 11 is 0. The molecule has 0 aliphatic heterocycles. The van der Waals surface area contributed by atoms with E-state index in [4.69, 9.17) is 10.5 Å². The molecule has 5 heteroatoms. The Labute approximate surface area is 101 Å². The molecule has 0 aromatic carbocycles. The predicted molar refractivity (Wildman–Crippen MR) is 62.3 cm³/mol. The van der Waals surface area contributed by atoms with Crippen LogP contribution in [0.4, 0.5) is 0 Å². The van der Waals surface area contributed by atoms with Crippen LogP contribution < -0.4 is 10.6 Å². The Hall–Kier alpha value is -2.01. The quantitative estimate of drug-likeness (QED) is 0.419. The summed E-state index contributed by atoms with van der Waals surface area (Å²) in [7, 11) is 0. The lowest BCUT2D eigenvalue weighted by Gasteiger charge is -2.10. The van der Waals surface area contributed by atoms with Crippen molar-refractivity contribution in [3.8, 4) is 12.1 Å². The molecule has 1 rings (SSSR count). The smallest absolute Gasteiger partial charge is 0.263 e. The van der Waals surface area contributed by atoms with E-state index in [0.717, 1.165) is 25.7 Å². The number of carbonyl (C=O) groups is 1. The maximum absolute atomic E-state index is 11.7. The van der Waals surface area contributed by atoms with Crippen molar-refractivity contribution in [3.05, 3.63) is 11.8 Å². The second kappa shape index (κ2) is 7.29. The van der Waals surface area contributed by atoms with E-state index in [2.05, 4.69) is 10.6 Å². The zero-order chi connectivity index (χ0) is 12.5. The SMILES string of the molecule is N#CCCN/C=C(/C#N)C(=O)NC1CCCC1. The maximum atomic E-state index is 11.7. The molecule has 0 heterocycles. The summed E-state index contributed by atoms with van der Waals surface area (Å²) in [5.41, 5.74) is 0.0647. The van der Waals surface area contributed by atoms with Crippen LogP contribution in [-0.2, 0) is 4.79 Å². The number of nitrogens with one attached hydrogen (secondary N) is 2. The van der Waals surface area contributed by atoms with Crippen LogP contribution in [0.1, 0.15) is 32.1 Å². The highest BCUT2D eigenvalue weighted by atomic mass is 16.1. The first-order chi connectivity index (χ1) is 8.27. The second-order valence-electron chi connectivity index (χ2n) is 3.99. The van der Waals surface area contributed by atoms with Gasteiger partial charge >= 0.3 is 0 Å². The first kappa shape index (κ1) is 13.1. The van der Waals surface area contributed by atoms with Gasteiger partial charge in [0.15, 0.2) is 0 Å². The molecule has 1 aliphatic rings. The van der Waals surface area contributed by atoms with E-state index in [-0.39, 0.29) is 17.5 Å². The summed E-state index contributed by atoms with van der Waals surface area (Å²) in [5, 5.41) is 22.8. The highest BCUT2D eigenvalue weighted by molar-refractivity contribution is 5.97. The average Bonchev–Trinajstić information content (AvgIpc) is 2.82. The van der Waals surface area contributed by atoms with Crippen molar-refractivity contribution in [3.63, 3.8) is 0 Å². The molecule has 1 saturated carbocycles. The molecule has 0 aromatic heterocycles. The molecule has 1 aliphatic carbocycles. The highest BCUT2D eigenvalue weighted by Gasteiger charge is 2.18. The lowest BCUT2D eigenvalue weighted by Crippen LogP contribution is -2.33. The van der Waals surface area contributed by atoms with Gasteiger partial charge in [0.25, 0.3) is 5.91 Å². The number of carbonyl (C=O) groups excluding carboxylic acids is 1. The lowest BCUT2D eigenvalue weighted by atomic mass is 10.2. The Morgan fingerprint density at radius 1 is 1.35 bits per heavy atom. The minimum Gasteiger partial charge on any atom is -0.389 e. The predicted octanol–water partition coefficient (Wildman–Crippen LogP) is 0.956.